The second-order valence-electron chi connectivity index (χ2n) is 4.50. The van der Waals surface area contributed by atoms with Gasteiger partial charge in [-0.1, -0.05) is 24.6 Å². The van der Waals surface area contributed by atoms with Gasteiger partial charge in [0.25, 0.3) is 5.91 Å². The summed E-state index contributed by atoms with van der Waals surface area (Å²) in [5.41, 5.74) is 2.41. The van der Waals surface area contributed by atoms with Gasteiger partial charge in [0.1, 0.15) is 6.04 Å². The van der Waals surface area contributed by atoms with Gasteiger partial charge in [0.2, 0.25) is 0 Å². The molecule has 1 aromatic rings. The molecule has 1 amide bonds. The van der Waals surface area contributed by atoms with E-state index in [1.165, 1.54) is 11.9 Å². The zero-order valence-electron chi connectivity index (χ0n) is 11.2. The van der Waals surface area contributed by atoms with Crippen molar-refractivity contribution in [2.24, 2.45) is 0 Å². The lowest BCUT2D eigenvalue weighted by Crippen LogP contribution is -2.42. The number of rotatable bonds is 4. The molecule has 0 saturated carbocycles. The lowest BCUT2D eigenvalue weighted by Gasteiger charge is -2.24. The molecule has 0 aliphatic rings. The predicted molar refractivity (Wildman–Crippen MR) is 69.7 cm³/mol. The van der Waals surface area contributed by atoms with Crippen LogP contribution in [0, 0.1) is 13.8 Å². The van der Waals surface area contributed by atoms with E-state index in [4.69, 9.17) is 5.11 Å². The van der Waals surface area contributed by atoms with E-state index >= 15 is 0 Å². The molecule has 0 radical (unpaired) electrons. The van der Waals surface area contributed by atoms with Crippen LogP contribution in [0.3, 0.4) is 0 Å². The first-order valence-corrected chi connectivity index (χ1v) is 5.95. The first-order valence-electron chi connectivity index (χ1n) is 5.95. The van der Waals surface area contributed by atoms with Crippen LogP contribution in [0.1, 0.15) is 34.8 Å². The predicted octanol–water partition coefficient (Wildman–Crippen LogP) is 2.24. The molecule has 0 fully saturated rings. The van der Waals surface area contributed by atoms with E-state index in [-0.39, 0.29) is 5.91 Å². The summed E-state index contributed by atoms with van der Waals surface area (Å²) in [7, 11) is 1.53. The van der Waals surface area contributed by atoms with Gasteiger partial charge in [-0.15, -0.1) is 0 Å². The molecule has 4 heteroatoms. The Morgan fingerprint density at radius 2 is 1.94 bits per heavy atom. The summed E-state index contributed by atoms with van der Waals surface area (Å²) in [6.45, 7) is 5.51. The van der Waals surface area contributed by atoms with Gasteiger partial charge in [-0.05, 0) is 31.9 Å². The zero-order valence-corrected chi connectivity index (χ0v) is 11.2. The topological polar surface area (TPSA) is 57.6 Å². The number of aryl methyl sites for hydroxylation is 2. The average Bonchev–Trinajstić information content (AvgIpc) is 2.31. The number of benzene rings is 1. The van der Waals surface area contributed by atoms with Crippen molar-refractivity contribution in [3.63, 3.8) is 0 Å². The Morgan fingerprint density at radius 1 is 1.33 bits per heavy atom. The summed E-state index contributed by atoms with van der Waals surface area (Å²) in [5, 5.41) is 9.07. The number of hydrogen-bond acceptors (Lipinski definition) is 2. The van der Waals surface area contributed by atoms with Crippen molar-refractivity contribution in [1.82, 2.24) is 4.90 Å². The van der Waals surface area contributed by atoms with Crippen LogP contribution >= 0.6 is 0 Å². The molecule has 1 aromatic carbocycles. The third kappa shape index (κ3) is 2.88. The smallest absolute Gasteiger partial charge is 0.326 e. The normalized spacial score (nSPS) is 12.0. The summed E-state index contributed by atoms with van der Waals surface area (Å²) >= 11 is 0. The second kappa shape index (κ2) is 5.67. The highest BCUT2D eigenvalue weighted by Crippen LogP contribution is 2.15. The fraction of sp³-hybridized carbons (Fsp3) is 0.429. The molecule has 18 heavy (non-hydrogen) atoms. The van der Waals surface area contributed by atoms with Crippen LogP contribution in [0.5, 0.6) is 0 Å². The standard InChI is InChI=1S/C14H19NO3/c1-5-12(14(17)18)15(4)13(16)11-8-9(2)6-7-10(11)3/h6-8,12H,5H2,1-4H3,(H,17,18). The van der Waals surface area contributed by atoms with Gasteiger partial charge in [0.15, 0.2) is 0 Å². The van der Waals surface area contributed by atoms with E-state index < -0.39 is 12.0 Å². The van der Waals surface area contributed by atoms with Crippen molar-refractivity contribution in [2.75, 3.05) is 7.05 Å². The second-order valence-corrected chi connectivity index (χ2v) is 4.50. The average molecular weight is 249 g/mol. The Balaban J connectivity index is 3.06. The Kier molecular flexibility index (Phi) is 4.48. The first-order chi connectivity index (χ1) is 8.38. The van der Waals surface area contributed by atoms with Crippen molar-refractivity contribution in [3.05, 3.63) is 34.9 Å². The Morgan fingerprint density at radius 3 is 2.44 bits per heavy atom. The van der Waals surface area contributed by atoms with Crippen LogP contribution in [0.25, 0.3) is 0 Å². The fourth-order valence-electron chi connectivity index (χ4n) is 1.91. The Labute approximate surface area is 107 Å². The molecule has 1 atom stereocenters. The van der Waals surface area contributed by atoms with Crippen molar-refractivity contribution in [1.29, 1.82) is 0 Å². The molecule has 0 aromatic heterocycles. The molecule has 1 rings (SSSR count). The fourth-order valence-corrected chi connectivity index (χ4v) is 1.91. The molecular weight excluding hydrogens is 230 g/mol. The maximum absolute atomic E-state index is 12.3. The molecule has 0 aliphatic carbocycles. The summed E-state index contributed by atoms with van der Waals surface area (Å²) in [4.78, 5) is 24.6. The van der Waals surface area contributed by atoms with Gasteiger partial charge in [-0.2, -0.15) is 0 Å². The Bertz CT molecular complexity index is 468. The van der Waals surface area contributed by atoms with Gasteiger partial charge in [0, 0.05) is 12.6 Å². The van der Waals surface area contributed by atoms with E-state index in [9.17, 15) is 9.59 Å². The quantitative estimate of drug-likeness (QED) is 0.890. The summed E-state index contributed by atoms with van der Waals surface area (Å²) < 4.78 is 0. The zero-order chi connectivity index (χ0) is 13.9. The van der Waals surface area contributed by atoms with Crippen molar-refractivity contribution >= 4 is 11.9 Å². The summed E-state index contributed by atoms with van der Waals surface area (Å²) in [5.74, 6) is -1.22. The highest BCUT2D eigenvalue weighted by Gasteiger charge is 2.26. The SMILES string of the molecule is CCC(C(=O)O)N(C)C(=O)c1cc(C)ccc1C. The minimum atomic E-state index is -0.973. The molecule has 0 spiro atoms. The number of carboxylic acids is 1. The number of amides is 1. The summed E-state index contributed by atoms with van der Waals surface area (Å²) in [6.07, 6.45) is 0.391. The molecule has 0 heterocycles. The van der Waals surface area contributed by atoms with Crippen LogP contribution in [0.2, 0.25) is 0 Å². The molecule has 0 bridgehead atoms. The highest BCUT2D eigenvalue weighted by molar-refractivity contribution is 5.97. The van der Waals surface area contributed by atoms with Crippen LogP contribution < -0.4 is 0 Å². The monoisotopic (exact) mass is 249 g/mol. The lowest BCUT2D eigenvalue weighted by molar-refractivity contribution is -0.142. The van der Waals surface area contributed by atoms with Crippen LogP contribution in [-0.2, 0) is 4.79 Å². The molecule has 1 unspecified atom stereocenters. The number of nitrogens with zero attached hydrogens (tertiary/aromatic N) is 1. The van der Waals surface area contributed by atoms with Crippen molar-refractivity contribution < 1.29 is 14.7 Å². The molecule has 1 N–H and O–H groups in total. The van der Waals surface area contributed by atoms with Crippen LogP contribution in [0.15, 0.2) is 18.2 Å². The van der Waals surface area contributed by atoms with Gasteiger partial charge >= 0.3 is 5.97 Å². The first kappa shape index (κ1) is 14.2. The molecular formula is C14H19NO3. The van der Waals surface area contributed by atoms with Gasteiger partial charge in [-0.25, -0.2) is 4.79 Å². The van der Waals surface area contributed by atoms with Crippen LogP contribution in [0.4, 0.5) is 0 Å². The number of aliphatic carboxylic acids is 1. The van der Waals surface area contributed by atoms with Gasteiger partial charge in [0.05, 0.1) is 0 Å². The Hall–Kier alpha value is -1.84. The molecule has 4 nitrogen and oxygen atoms in total. The number of hydrogen-bond donors (Lipinski definition) is 1. The minimum Gasteiger partial charge on any atom is -0.480 e. The number of carbonyl (C=O) groups excluding carboxylic acids is 1. The van der Waals surface area contributed by atoms with E-state index in [1.54, 1.807) is 13.0 Å². The van der Waals surface area contributed by atoms with E-state index in [0.717, 1.165) is 11.1 Å². The molecule has 0 aliphatic heterocycles. The third-order valence-electron chi connectivity index (χ3n) is 3.08. The lowest BCUT2D eigenvalue weighted by atomic mass is 10.0. The van der Waals surface area contributed by atoms with Gasteiger partial charge < -0.3 is 10.0 Å². The van der Waals surface area contributed by atoms with Crippen molar-refractivity contribution in [3.8, 4) is 0 Å². The van der Waals surface area contributed by atoms with Crippen LogP contribution in [-0.4, -0.2) is 35.0 Å². The largest absolute Gasteiger partial charge is 0.480 e. The van der Waals surface area contributed by atoms with E-state index in [2.05, 4.69) is 0 Å². The van der Waals surface area contributed by atoms with E-state index in [0.29, 0.717) is 12.0 Å². The number of carbonyl (C=O) groups is 2. The maximum Gasteiger partial charge on any atom is 0.326 e. The molecule has 0 saturated heterocycles. The minimum absolute atomic E-state index is 0.245. The maximum atomic E-state index is 12.3. The third-order valence-corrected chi connectivity index (χ3v) is 3.08. The van der Waals surface area contributed by atoms with Crippen molar-refractivity contribution in [2.45, 2.75) is 33.2 Å². The molecule has 98 valence electrons. The highest BCUT2D eigenvalue weighted by atomic mass is 16.4. The van der Waals surface area contributed by atoms with E-state index in [1.807, 2.05) is 26.0 Å². The number of likely N-dealkylation sites (N-methyl/N-ethyl adjacent to an activating group) is 1. The summed E-state index contributed by atoms with van der Waals surface area (Å²) in [6, 6.07) is 4.82. The number of carboxylic acid groups (broad SMARTS) is 1. The van der Waals surface area contributed by atoms with Gasteiger partial charge in [-0.3, -0.25) is 4.79 Å².